The molecule has 134 valence electrons. The summed E-state index contributed by atoms with van der Waals surface area (Å²) >= 11 is 6.11. The minimum absolute atomic E-state index is 0.0635. The lowest BCUT2D eigenvalue weighted by Crippen LogP contribution is -2.36. The Morgan fingerprint density at radius 2 is 2.08 bits per heavy atom. The number of phenolic OH excluding ortho intramolecular Hbond substituents is 1. The lowest BCUT2D eigenvalue weighted by atomic mass is 9.98. The van der Waals surface area contributed by atoms with Gasteiger partial charge in [-0.3, -0.25) is 9.59 Å². The van der Waals surface area contributed by atoms with Gasteiger partial charge in [-0.05, 0) is 54.0 Å². The summed E-state index contributed by atoms with van der Waals surface area (Å²) < 4.78 is 13.5. The summed E-state index contributed by atoms with van der Waals surface area (Å²) in [5.74, 6) is -1.42. The first-order chi connectivity index (χ1) is 12.4. The molecule has 0 aromatic heterocycles. The molecule has 1 heterocycles. The third kappa shape index (κ3) is 3.55. The Kier molecular flexibility index (Phi) is 4.95. The number of fused-ring (bicyclic) bond motifs is 1. The standard InChI is InChI=1S/C19H16ClFN2O3/c1-2-18(25)22-13-3-4-17(24)14(9-13)19(26)23-6-5-11-7-12(21)8-16(20)15(11)10-23/h2-4,7-9,24H,1,5-6,10H2,(H,22,25). The topological polar surface area (TPSA) is 69.6 Å². The van der Waals surface area contributed by atoms with Gasteiger partial charge < -0.3 is 15.3 Å². The molecule has 0 saturated heterocycles. The number of carbonyl (C=O) groups is 2. The highest BCUT2D eigenvalue weighted by molar-refractivity contribution is 6.31. The van der Waals surface area contributed by atoms with Crippen LogP contribution in [-0.2, 0) is 17.8 Å². The van der Waals surface area contributed by atoms with E-state index in [1.54, 1.807) is 0 Å². The summed E-state index contributed by atoms with van der Waals surface area (Å²) in [5.41, 5.74) is 1.90. The number of nitrogens with one attached hydrogen (secondary N) is 1. The highest BCUT2D eigenvalue weighted by Gasteiger charge is 2.26. The largest absolute Gasteiger partial charge is 0.507 e. The molecule has 2 amide bonds. The van der Waals surface area contributed by atoms with Crippen molar-refractivity contribution in [2.24, 2.45) is 0 Å². The normalized spacial score (nSPS) is 13.1. The first-order valence-corrected chi connectivity index (χ1v) is 8.29. The molecule has 0 atom stereocenters. The molecule has 2 aromatic rings. The quantitative estimate of drug-likeness (QED) is 0.638. The summed E-state index contributed by atoms with van der Waals surface area (Å²) in [5, 5.41) is 12.9. The smallest absolute Gasteiger partial charge is 0.257 e. The molecule has 1 aliphatic rings. The number of hydrogen-bond acceptors (Lipinski definition) is 3. The van der Waals surface area contributed by atoms with Crippen LogP contribution in [0.3, 0.4) is 0 Å². The molecule has 0 spiro atoms. The van der Waals surface area contributed by atoms with Crippen LogP contribution in [-0.4, -0.2) is 28.4 Å². The number of rotatable bonds is 3. The molecule has 0 fully saturated rings. The van der Waals surface area contributed by atoms with Gasteiger partial charge in [0.15, 0.2) is 0 Å². The van der Waals surface area contributed by atoms with E-state index in [0.29, 0.717) is 24.2 Å². The van der Waals surface area contributed by atoms with Crippen LogP contribution < -0.4 is 5.32 Å². The lowest BCUT2D eigenvalue weighted by Gasteiger charge is -2.30. The molecular weight excluding hydrogens is 359 g/mol. The first kappa shape index (κ1) is 17.9. The Bertz CT molecular complexity index is 914. The van der Waals surface area contributed by atoms with Gasteiger partial charge in [0.1, 0.15) is 11.6 Å². The van der Waals surface area contributed by atoms with Crippen LogP contribution >= 0.6 is 11.6 Å². The van der Waals surface area contributed by atoms with E-state index in [9.17, 15) is 19.1 Å². The van der Waals surface area contributed by atoms with Gasteiger partial charge in [0.25, 0.3) is 5.91 Å². The molecule has 2 aromatic carbocycles. The SMILES string of the molecule is C=CC(=O)Nc1ccc(O)c(C(=O)N2CCc3cc(F)cc(Cl)c3C2)c1. The van der Waals surface area contributed by atoms with Crippen LogP contribution in [0.25, 0.3) is 0 Å². The molecule has 1 aliphatic heterocycles. The molecule has 3 rings (SSSR count). The maximum atomic E-state index is 13.5. The van der Waals surface area contributed by atoms with E-state index in [-0.39, 0.29) is 22.9 Å². The van der Waals surface area contributed by atoms with E-state index in [4.69, 9.17) is 11.6 Å². The maximum absolute atomic E-state index is 13.5. The molecule has 26 heavy (non-hydrogen) atoms. The first-order valence-electron chi connectivity index (χ1n) is 7.91. The van der Waals surface area contributed by atoms with Crippen molar-refractivity contribution in [1.29, 1.82) is 0 Å². The monoisotopic (exact) mass is 374 g/mol. The average Bonchev–Trinajstić information content (AvgIpc) is 2.62. The van der Waals surface area contributed by atoms with Crippen LogP contribution in [0.4, 0.5) is 10.1 Å². The van der Waals surface area contributed by atoms with Crippen molar-refractivity contribution in [2.45, 2.75) is 13.0 Å². The van der Waals surface area contributed by atoms with E-state index >= 15 is 0 Å². The van der Waals surface area contributed by atoms with Gasteiger partial charge in [-0.1, -0.05) is 18.2 Å². The van der Waals surface area contributed by atoms with E-state index in [1.807, 2.05) is 0 Å². The van der Waals surface area contributed by atoms with Crippen molar-refractivity contribution < 1.29 is 19.1 Å². The van der Waals surface area contributed by atoms with Crippen LogP contribution in [0, 0.1) is 5.82 Å². The Morgan fingerprint density at radius 1 is 1.31 bits per heavy atom. The van der Waals surface area contributed by atoms with Crippen molar-refractivity contribution in [2.75, 3.05) is 11.9 Å². The van der Waals surface area contributed by atoms with Crippen molar-refractivity contribution >= 4 is 29.1 Å². The molecule has 0 bridgehead atoms. The van der Waals surface area contributed by atoms with Gasteiger partial charge in [0.05, 0.1) is 5.56 Å². The second-order valence-corrected chi connectivity index (χ2v) is 6.33. The number of aromatic hydroxyl groups is 1. The number of benzene rings is 2. The molecule has 0 saturated carbocycles. The van der Waals surface area contributed by atoms with Gasteiger partial charge in [-0.25, -0.2) is 4.39 Å². The number of carbonyl (C=O) groups excluding carboxylic acids is 2. The van der Waals surface area contributed by atoms with E-state index < -0.39 is 17.6 Å². The summed E-state index contributed by atoms with van der Waals surface area (Å²) in [4.78, 5) is 25.8. The Morgan fingerprint density at radius 3 is 2.81 bits per heavy atom. The molecule has 0 unspecified atom stereocenters. The third-order valence-electron chi connectivity index (χ3n) is 4.22. The number of amides is 2. The highest BCUT2D eigenvalue weighted by Crippen LogP contribution is 2.30. The molecule has 5 nitrogen and oxygen atoms in total. The molecular formula is C19H16ClFN2O3. The van der Waals surface area contributed by atoms with E-state index in [0.717, 1.165) is 11.6 Å². The average molecular weight is 375 g/mol. The Balaban J connectivity index is 1.87. The number of halogens is 2. The van der Waals surface area contributed by atoms with E-state index in [1.165, 1.54) is 35.2 Å². The molecule has 0 aliphatic carbocycles. The minimum atomic E-state index is -0.421. The third-order valence-corrected chi connectivity index (χ3v) is 4.56. The minimum Gasteiger partial charge on any atom is -0.507 e. The predicted octanol–water partition coefficient (Wildman–Crippen LogP) is 3.51. The summed E-state index contributed by atoms with van der Waals surface area (Å²) in [7, 11) is 0. The Hall–Kier alpha value is -2.86. The van der Waals surface area contributed by atoms with Crippen LogP contribution in [0.2, 0.25) is 5.02 Å². The second kappa shape index (κ2) is 7.17. The zero-order chi connectivity index (χ0) is 18.8. The van der Waals surface area contributed by atoms with Crippen LogP contribution in [0.5, 0.6) is 5.75 Å². The van der Waals surface area contributed by atoms with E-state index in [2.05, 4.69) is 11.9 Å². The van der Waals surface area contributed by atoms with Gasteiger partial charge in [0.2, 0.25) is 5.91 Å². The lowest BCUT2D eigenvalue weighted by molar-refractivity contribution is -0.111. The number of nitrogens with zero attached hydrogens (tertiary/aromatic N) is 1. The summed E-state index contributed by atoms with van der Waals surface area (Å²) in [6.45, 7) is 3.95. The fourth-order valence-electron chi connectivity index (χ4n) is 2.90. The summed E-state index contributed by atoms with van der Waals surface area (Å²) in [6, 6.07) is 6.87. The molecule has 2 N–H and O–H groups in total. The fraction of sp³-hybridized carbons (Fsp3) is 0.158. The van der Waals surface area contributed by atoms with Gasteiger partial charge in [-0.2, -0.15) is 0 Å². The predicted molar refractivity (Wildman–Crippen MR) is 96.8 cm³/mol. The van der Waals surface area contributed by atoms with Crippen molar-refractivity contribution in [1.82, 2.24) is 4.90 Å². The number of hydrogen-bond donors (Lipinski definition) is 2. The second-order valence-electron chi connectivity index (χ2n) is 5.93. The molecule has 7 heteroatoms. The van der Waals surface area contributed by atoms with Gasteiger partial charge in [0, 0.05) is 23.8 Å². The van der Waals surface area contributed by atoms with Crippen LogP contribution in [0.15, 0.2) is 43.0 Å². The zero-order valence-electron chi connectivity index (χ0n) is 13.8. The maximum Gasteiger partial charge on any atom is 0.257 e. The van der Waals surface area contributed by atoms with Crippen molar-refractivity contribution in [3.8, 4) is 5.75 Å². The zero-order valence-corrected chi connectivity index (χ0v) is 14.5. The van der Waals surface area contributed by atoms with Crippen molar-refractivity contribution in [3.63, 3.8) is 0 Å². The fourth-order valence-corrected chi connectivity index (χ4v) is 3.19. The molecule has 0 radical (unpaired) electrons. The highest BCUT2D eigenvalue weighted by atomic mass is 35.5. The number of anilines is 1. The van der Waals surface area contributed by atoms with Gasteiger partial charge in [-0.15, -0.1) is 0 Å². The number of phenols is 1. The Labute approximate surface area is 154 Å². The summed E-state index contributed by atoms with van der Waals surface area (Å²) in [6.07, 6.45) is 1.57. The van der Waals surface area contributed by atoms with Crippen LogP contribution in [0.1, 0.15) is 21.5 Å². The van der Waals surface area contributed by atoms with Gasteiger partial charge >= 0.3 is 0 Å². The van der Waals surface area contributed by atoms with Crippen molar-refractivity contribution in [3.05, 3.63) is 70.5 Å².